The Morgan fingerprint density at radius 3 is 2.53 bits per heavy atom. The minimum Gasteiger partial charge on any atom is -0.469 e. The van der Waals surface area contributed by atoms with Crippen molar-refractivity contribution < 1.29 is 4.42 Å². The Hall–Kier alpha value is -1.58. The highest BCUT2D eigenvalue weighted by atomic mass is 16.3. The van der Waals surface area contributed by atoms with Crippen LogP contribution in [0.15, 0.2) is 47.1 Å². The van der Waals surface area contributed by atoms with Gasteiger partial charge in [-0.3, -0.25) is 0 Å². The number of likely N-dealkylation sites (N-methyl/N-ethyl adjacent to an activating group) is 1. The van der Waals surface area contributed by atoms with Crippen molar-refractivity contribution in [2.75, 3.05) is 20.1 Å². The molecule has 2 aromatic rings. The Labute approximate surface area is 115 Å². The van der Waals surface area contributed by atoms with Gasteiger partial charge in [-0.05, 0) is 43.3 Å². The molecule has 0 unspecified atom stereocenters. The van der Waals surface area contributed by atoms with Crippen molar-refractivity contribution in [3.63, 3.8) is 0 Å². The molecule has 0 bridgehead atoms. The summed E-state index contributed by atoms with van der Waals surface area (Å²) in [5.74, 6) is 1.04. The molecule has 3 heteroatoms. The second kappa shape index (κ2) is 7.77. The van der Waals surface area contributed by atoms with Crippen molar-refractivity contribution in [3.05, 3.63) is 59.5 Å². The maximum absolute atomic E-state index is 5.31. The molecule has 0 fully saturated rings. The second-order valence-corrected chi connectivity index (χ2v) is 4.63. The van der Waals surface area contributed by atoms with Gasteiger partial charge >= 0.3 is 0 Å². The van der Waals surface area contributed by atoms with Crippen LogP contribution in [-0.2, 0) is 19.4 Å². The zero-order chi connectivity index (χ0) is 13.3. The monoisotopic (exact) mass is 258 g/mol. The van der Waals surface area contributed by atoms with E-state index in [1.54, 1.807) is 6.26 Å². The number of nitrogens with one attached hydrogen (secondary N) is 2. The van der Waals surface area contributed by atoms with E-state index in [1.165, 1.54) is 11.1 Å². The van der Waals surface area contributed by atoms with Gasteiger partial charge in [0.2, 0.25) is 0 Å². The van der Waals surface area contributed by atoms with Gasteiger partial charge in [0.1, 0.15) is 5.76 Å². The molecule has 0 spiro atoms. The quantitative estimate of drug-likeness (QED) is 0.714. The smallest absolute Gasteiger partial charge is 0.105 e. The third-order valence-corrected chi connectivity index (χ3v) is 3.21. The Balaban J connectivity index is 1.78. The van der Waals surface area contributed by atoms with Crippen LogP contribution in [0.1, 0.15) is 16.9 Å². The summed E-state index contributed by atoms with van der Waals surface area (Å²) in [7, 11) is 1.99. The van der Waals surface area contributed by atoms with Crippen molar-refractivity contribution in [3.8, 4) is 0 Å². The average Bonchev–Trinajstić information content (AvgIpc) is 2.95. The zero-order valence-electron chi connectivity index (χ0n) is 11.5. The van der Waals surface area contributed by atoms with Crippen LogP contribution in [0.25, 0.3) is 0 Å². The normalized spacial score (nSPS) is 10.8. The molecule has 0 saturated heterocycles. The number of hydrogen-bond acceptors (Lipinski definition) is 3. The highest BCUT2D eigenvalue weighted by molar-refractivity contribution is 5.27. The molecule has 0 amide bonds. The molecule has 0 radical (unpaired) electrons. The van der Waals surface area contributed by atoms with Crippen LogP contribution in [0.5, 0.6) is 0 Å². The van der Waals surface area contributed by atoms with Crippen LogP contribution in [0.4, 0.5) is 0 Å². The van der Waals surface area contributed by atoms with Crippen LogP contribution < -0.4 is 10.6 Å². The van der Waals surface area contributed by atoms with E-state index in [4.69, 9.17) is 4.42 Å². The fourth-order valence-corrected chi connectivity index (χ4v) is 2.12. The van der Waals surface area contributed by atoms with E-state index in [0.29, 0.717) is 0 Å². The standard InChI is InChI=1S/C16H22N2O/c1-17-10-8-14-5-2-3-6-15(14)13-18-11-9-16-7-4-12-19-16/h2-7,12,17-18H,8-11,13H2,1H3. The topological polar surface area (TPSA) is 37.2 Å². The first-order chi connectivity index (χ1) is 9.40. The van der Waals surface area contributed by atoms with Gasteiger partial charge in [0.25, 0.3) is 0 Å². The van der Waals surface area contributed by atoms with Crippen LogP contribution >= 0.6 is 0 Å². The van der Waals surface area contributed by atoms with E-state index in [-0.39, 0.29) is 0 Å². The summed E-state index contributed by atoms with van der Waals surface area (Å²) in [5.41, 5.74) is 2.81. The highest BCUT2D eigenvalue weighted by Crippen LogP contribution is 2.09. The third-order valence-electron chi connectivity index (χ3n) is 3.21. The van der Waals surface area contributed by atoms with Crippen molar-refractivity contribution in [2.24, 2.45) is 0 Å². The first-order valence-corrected chi connectivity index (χ1v) is 6.84. The first kappa shape index (κ1) is 13.8. The Kier molecular flexibility index (Phi) is 5.66. The molecule has 0 aliphatic carbocycles. The van der Waals surface area contributed by atoms with Gasteiger partial charge in [-0.25, -0.2) is 0 Å². The molecule has 2 N–H and O–H groups in total. The average molecular weight is 258 g/mol. The SMILES string of the molecule is CNCCc1ccccc1CNCCc1ccco1. The fourth-order valence-electron chi connectivity index (χ4n) is 2.12. The van der Waals surface area contributed by atoms with Gasteiger partial charge in [0.05, 0.1) is 6.26 Å². The molecule has 0 atom stereocenters. The molecule has 19 heavy (non-hydrogen) atoms. The van der Waals surface area contributed by atoms with E-state index in [0.717, 1.165) is 38.2 Å². The molecule has 0 aliphatic rings. The van der Waals surface area contributed by atoms with E-state index >= 15 is 0 Å². The Bertz CT molecular complexity index is 465. The van der Waals surface area contributed by atoms with Crippen LogP contribution in [-0.4, -0.2) is 20.1 Å². The molecule has 102 valence electrons. The third kappa shape index (κ3) is 4.54. The lowest BCUT2D eigenvalue weighted by Gasteiger charge is -2.10. The van der Waals surface area contributed by atoms with Gasteiger partial charge in [-0.2, -0.15) is 0 Å². The lowest BCUT2D eigenvalue weighted by atomic mass is 10.0. The summed E-state index contributed by atoms with van der Waals surface area (Å²) >= 11 is 0. The molecular weight excluding hydrogens is 236 g/mol. The molecule has 1 heterocycles. The van der Waals surface area contributed by atoms with E-state index in [2.05, 4.69) is 34.9 Å². The van der Waals surface area contributed by atoms with Crippen LogP contribution in [0, 0.1) is 0 Å². The van der Waals surface area contributed by atoms with Crippen molar-refractivity contribution in [1.29, 1.82) is 0 Å². The Morgan fingerprint density at radius 2 is 1.79 bits per heavy atom. The second-order valence-electron chi connectivity index (χ2n) is 4.63. The fraction of sp³-hybridized carbons (Fsp3) is 0.375. The molecule has 3 nitrogen and oxygen atoms in total. The first-order valence-electron chi connectivity index (χ1n) is 6.84. The predicted molar refractivity (Wildman–Crippen MR) is 78.2 cm³/mol. The predicted octanol–water partition coefficient (Wildman–Crippen LogP) is 2.37. The Morgan fingerprint density at radius 1 is 0.947 bits per heavy atom. The van der Waals surface area contributed by atoms with Crippen molar-refractivity contribution in [1.82, 2.24) is 10.6 Å². The summed E-state index contributed by atoms with van der Waals surface area (Å²) in [6.45, 7) is 2.87. The summed E-state index contributed by atoms with van der Waals surface area (Å²) in [6, 6.07) is 12.6. The van der Waals surface area contributed by atoms with E-state index in [9.17, 15) is 0 Å². The molecule has 2 rings (SSSR count). The van der Waals surface area contributed by atoms with Gasteiger partial charge in [-0.1, -0.05) is 24.3 Å². The minimum absolute atomic E-state index is 0.917. The lowest BCUT2D eigenvalue weighted by molar-refractivity contribution is 0.498. The highest BCUT2D eigenvalue weighted by Gasteiger charge is 2.01. The van der Waals surface area contributed by atoms with Crippen molar-refractivity contribution in [2.45, 2.75) is 19.4 Å². The molecular formula is C16H22N2O. The number of benzene rings is 1. The van der Waals surface area contributed by atoms with Gasteiger partial charge in [-0.15, -0.1) is 0 Å². The maximum atomic E-state index is 5.31. The minimum atomic E-state index is 0.917. The van der Waals surface area contributed by atoms with Gasteiger partial charge in [0, 0.05) is 19.5 Å². The largest absolute Gasteiger partial charge is 0.469 e. The van der Waals surface area contributed by atoms with Crippen LogP contribution in [0.3, 0.4) is 0 Å². The van der Waals surface area contributed by atoms with E-state index in [1.807, 2.05) is 19.2 Å². The molecule has 0 aliphatic heterocycles. The number of hydrogen-bond donors (Lipinski definition) is 2. The van der Waals surface area contributed by atoms with Gasteiger partial charge < -0.3 is 15.1 Å². The molecule has 0 saturated carbocycles. The maximum Gasteiger partial charge on any atom is 0.105 e. The number of furan rings is 1. The van der Waals surface area contributed by atoms with Gasteiger partial charge in [0.15, 0.2) is 0 Å². The lowest BCUT2D eigenvalue weighted by Crippen LogP contribution is -2.18. The van der Waals surface area contributed by atoms with Crippen molar-refractivity contribution >= 4 is 0 Å². The van der Waals surface area contributed by atoms with Crippen LogP contribution in [0.2, 0.25) is 0 Å². The molecule has 1 aromatic carbocycles. The molecule has 1 aromatic heterocycles. The summed E-state index contributed by atoms with van der Waals surface area (Å²) < 4.78 is 5.31. The number of rotatable bonds is 8. The summed E-state index contributed by atoms with van der Waals surface area (Å²) in [6.07, 6.45) is 3.74. The zero-order valence-corrected chi connectivity index (χ0v) is 11.5. The van der Waals surface area contributed by atoms with E-state index < -0.39 is 0 Å². The summed E-state index contributed by atoms with van der Waals surface area (Å²) in [5, 5.41) is 6.67. The summed E-state index contributed by atoms with van der Waals surface area (Å²) in [4.78, 5) is 0.